The highest BCUT2D eigenvalue weighted by atomic mass is 16.5. The summed E-state index contributed by atoms with van der Waals surface area (Å²) >= 11 is 0. The van der Waals surface area contributed by atoms with E-state index in [1.165, 1.54) is 18.4 Å². The first kappa shape index (κ1) is 15.2. The second-order valence-corrected chi connectivity index (χ2v) is 6.58. The summed E-state index contributed by atoms with van der Waals surface area (Å²) in [6, 6.07) is 10.5. The summed E-state index contributed by atoms with van der Waals surface area (Å²) in [6.45, 7) is 6.62. The monoisotopic (exact) mass is 299 g/mol. The maximum atomic E-state index is 5.61. The fraction of sp³-hybridized carbons (Fsp3) is 0.556. The quantitative estimate of drug-likeness (QED) is 0.919. The molecule has 1 aliphatic heterocycles. The highest BCUT2D eigenvalue weighted by molar-refractivity contribution is 5.25. The molecule has 1 aromatic carbocycles. The number of aromatic nitrogens is 2. The third-order valence-electron chi connectivity index (χ3n) is 4.51. The van der Waals surface area contributed by atoms with Crippen LogP contribution in [-0.2, 0) is 6.42 Å². The molecule has 1 saturated heterocycles. The molecule has 1 aliphatic rings. The van der Waals surface area contributed by atoms with Gasteiger partial charge in [-0.25, -0.2) is 0 Å². The molecular formula is C18H25N3O. The van der Waals surface area contributed by atoms with Crippen molar-refractivity contribution in [1.82, 2.24) is 15.5 Å². The van der Waals surface area contributed by atoms with E-state index in [-0.39, 0.29) is 5.92 Å². The van der Waals surface area contributed by atoms with Gasteiger partial charge in [0.05, 0.1) is 5.92 Å². The summed E-state index contributed by atoms with van der Waals surface area (Å²) in [5.41, 5.74) is 1.24. The minimum absolute atomic E-state index is 0.176. The van der Waals surface area contributed by atoms with Gasteiger partial charge in [0.1, 0.15) is 0 Å². The smallest absolute Gasteiger partial charge is 0.234 e. The fourth-order valence-electron chi connectivity index (χ4n) is 3.29. The predicted octanol–water partition coefficient (Wildman–Crippen LogP) is 3.40. The standard InChI is InChI=1S/C18H25N3O/c1-13(2)17(15-6-4-3-5-7-15)18-20-16(21-22-18)12-14-8-10-19-11-9-14/h3-7,13-14,17,19H,8-12H2,1-2H3. The number of hydrogen-bond donors (Lipinski definition) is 1. The van der Waals surface area contributed by atoms with Gasteiger partial charge in [-0.3, -0.25) is 0 Å². The second-order valence-electron chi connectivity index (χ2n) is 6.58. The van der Waals surface area contributed by atoms with E-state index in [1.54, 1.807) is 0 Å². The van der Waals surface area contributed by atoms with Crippen LogP contribution in [0.25, 0.3) is 0 Å². The van der Waals surface area contributed by atoms with Gasteiger partial charge in [0, 0.05) is 6.42 Å². The van der Waals surface area contributed by atoms with E-state index < -0.39 is 0 Å². The Labute approximate surface area is 132 Å². The van der Waals surface area contributed by atoms with Gasteiger partial charge in [0.25, 0.3) is 0 Å². The third-order valence-corrected chi connectivity index (χ3v) is 4.51. The summed E-state index contributed by atoms with van der Waals surface area (Å²) < 4.78 is 5.61. The van der Waals surface area contributed by atoms with Gasteiger partial charge in [-0.05, 0) is 43.3 Å². The number of nitrogens with zero attached hydrogens (tertiary/aromatic N) is 2. The van der Waals surface area contributed by atoms with Crippen LogP contribution in [0.15, 0.2) is 34.9 Å². The van der Waals surface area contributed by atoms with Gasteiger partial charge < -0.3 is 9.84 Å². The lowest BCUT2D eigenvalue weighted by Gasteiger charge is -2.20. The van der Waals surface area contributed by atoms with Crippen LogP contribution in [0.2, 0.25) is 0 Å². The van der Waals surface area contributed by atoms with Crippen LogP contribution in [0.1, 0.15) is 49.9 Å². The minimum Gasteiger partial charge on any atom is -0.339 e. The molecule has 1 N–H and O–H groups in total. The van der Waals surface area contributed by atoms with E-state index in [0.717, 1.165) is 31.2 Å². The lowest BCUT2D eigenvalue weighted by molar-refractivity contribution is 0.329. The Morgan fingerprint density at radius 2 is 1.91 bits per heavy atom. The summed E-state index contributed by atoms with van der Waals surface area (Å²) in [5, 5.41) is 7.63. The Kier molecular flexibility index (Phi) is 4.88. The van der Waals surface area contributed by atoms with E-state index >= 15 is 0 Å². The molecule has 118 valence electrons. The first-order valence-corrected chi connectivity index (χ1v) is 8.32. The number of benzene rings is 1. The fourth-order valence-corrected chi connectivity index (χ4v) is 3.29. The van der Waals surface area contributed by atoms with Crippen LogP contribution in [0.4, 0.5) is 0 Å². The maximum absolute atomic E-state index is 5.61. The molecule has 4 heteroatoms. The summed E-state index contributed by atoms with van der Waals surface area (Å²) in [5.74, 6) is 2.90. The zero-order valence-electron chi connectivity index (χ0n) is 13.5. The van der Waals surface area contributed by atoms with Crippen LogP contribution < -0.4 is 5.32 Å². The van der Waals surface area contributed by atoms with Crippen LogP contribution in [0.3, 0.4) is 0 Å². The van der Waals surface area contributed by atoms with Crippen molar-refractivity contribution in [3.05, 3.63) is 47.6 Å². The molecule has 0 bridgehead atoms. The maximum Gasteiger partial charge on any atom is 0.234 e. The zero-order chi connectivity index (χ0) is 15.4. The molecule has 1 atom stereocenters. The van der Waals surface area contributed by atoms with Gasteiger partial charge in [-0.1, -0.05) is 49.3 Å². The van der Waals surface area contributed by atoms with E-state index in [0.29, 0.717) is 11.8 Å². The minimum atomic E-state index is 0.176. The van der Waals surface area contributed by atoms with Crippen molar-refractivity contribution >= 4 is 0 Å². The highest BCUT2D eigenvalue weighted by Crippen LogP contribution is 2.31. The molecular weight excluding hydrogens is 274 g/mol. The molecule has 0 saturated carbocycles. The number of piperidine rings is 1. The van der Waals surface area contributed by atoms with Crippen molar-refractivity contribution < 1.29 is 4.52 Å². The Balaban J connectivity index is 1.75. The number of hydrogen-bond acceptors (Lipinski definition) is 4. The molecule has 0 radical (unpaired) electrons. The van der Waals surface area contributed by atoms with Gasteiger partial charge in [0.2, 0.25) is 5.89 Å². The topological polar surface area (TPSA) is 51.0 Å². The molecule has 3 rings (SSSR count). The van der Waals surface area contributed by atoms with Gasteiger partial charge >= 0.3 is 0 Å². The number of nitrogens with one attached hydrogen (secondary N) is 1. The molecule has 2 heterocycles. The van der Waals surface area contributed by atoms with Gasteiger partial charge in [-0.2, -0.15) is 4.98 Å². The normalized spacial score (nSPS) is 17.8. The molecule has 1 aromatic heterocycles. The van der Waals surface area contributed by atoms with E-state index in [9.17, 15) is 0 Å². The molecule has 1 unspecified atom stereocenters. The van der Waals surface area contributed by atoms with Crippen LogP contribution >= 0.6 is 0 Å². The van der Waals surface area contributed by atoms with E-state index in [2.05, 4.69) is 48.6 Å². The molecule has 0 amide bonds. The molecule has 22 heavy (non-hydrogen) atoms. The Bertz CT molecular complexity index is 573. The van der Waals surface area contributed by atoms with Gasteiger partial charge in [0.15, 0.2) is 5.82 Å². The average Bonchev–Trinajstić information content (AvgIpc) is 2.97. The summed E-state index contributed by atoms with van der Waals surface area (Å²) in [4.78, 5) is 4.70. The van der Waals surface area contributed by atoms with Crippen molar-refractivity contribution in [3.63, 3.8) is 0 Å². The Morgan fingerprint density at radius 1 is 1.18 bits per heavy atom. The van der Waals surface area contributed by atoms with Crippen molar-refractivity contribution in [2.24, 2.45) is 11.8 Å². The molecule has 4 nitrogen and oxygen atoms in total. The van der Waals surface area contributed by atoms with E-state index in [1.807, 2.05) is 6.07 Å². The van der Waals surface area contributed by atoms with Crippen molar-refractivity contribution in [2.45, 2.75) is 39.0 Å². The Morgan fingerprint density at radius 3 is 2.59 bits per heavy atom. The SMILES string of the molecule is CC(C)C(c1ccccc1)c1nc(CC2CCNCC2)no1. The van der Waals surface area contributed by atoms with Crippen molar-refractivity contribution in [2.75, 3.05) is 13.1 Å². The predicted molar refractivity (Wildman–Crippen MR) is 86.7 cm³/mol. The average molecular weight is 299 g/mol. The second kappa shape index (κ2) is 7.05. The van der Waals surface area contributed by atoms with Crippen LogP contribution in [0, 0.1) is 11.8 Å². The van der Waals surface area contributed by atoms with Gasteiger partial charge in [-0.15, -0.1) is 0 Å². The molecule has 1 fully saturated rings. The van der Waals surface area contributed by atoms with Crippen molar-refractivity contribution in [3.8, 4) is 0 Å². The van der Waals surface area contributed by atoms with Crippen molar-refractivity contribution in [1.29, 1.82) is 0 Å². The lowest BCUT2D eigenvalue weighted by Crippen LogP contribution is -2.28. The first-order chi connectivity index (χ1) is 10.7. The first-order valence-electron chi connectivity index (χ1n) is 8.32. The number of rotatable bonds is 5. The molecule has 2 aromatic rings. The summed E-state index contributed by atoms with van der Waals surface area (Å²) in [6.07, 6.45) is 3.34. The lowest BCUT2D eigenvalue weighted by atomic mass is 9.88. The molecule has 0 spiro atoms. The van der Waals surface area contributed by atoms with E-state index in [4.69, 9.17) is 9.51 Å². The molecule has 0 aliphatic carbocycles. The van der Waals surface area contributed by atoms with Crippen LogP contribution in [-0.4, -0.2) is 23.2 Å². The summed E-state index contributed by atoms with van der Waals surface area (Å²) in [7, 11) is 0. The largest absolute Gasteiger partial charge is 0.339 e. The Hall–Kier alpha value is -1.68. The third kappa shape index (κ3) is 3.55. The highest BCUT2D eigenvalue weighted by Gasteiger charge is 2.25. The van der Waals surface area contributed by atoms with Crippen LogP contribution in [0.5, 0.6) is 0 Å². The zero-order valence-corrected chi connectivity index (χ0v) is 13.5.